The van der Waals surface area contributed by atoms with Gasteiger partial charge < -0.3 is 5.32 Å². The third-order valence-corrected chi connectivity index (χ3v) is 3.68. The van der Waals surface area contributed by atoms with Crippen molar-refractivity contribution in [3.05, 3.63) is 53.7 Å². The molecule has 0 saturated heterocycles. The Labute approximate surface area is 121 Å². The summed E-state index contributed by atoms with van der Waals surface area (Å²) in [5, 5.41) is 4.03. The maximum Gasteiger partial charge on any atom is 0.237 e. The molecule has 5 heteroatoms. The Balaban J connectivity index is 1.96. The smallest absolute Gasteiger partial charge is 0.237 e. The van der Waals surface area contributed by atoms with Crippen LogP contribution in [-0.4, -0.2) is 16.1 Å². The maximum absolute atomic E-state index is 12.0. The summed E-state index contributed by atoms with van der Waals surface area (Å²) in [7, 11) is 0. The highest BCUT2D eigenvalue weighted by Gasteiger charge is 2.15. The zero-order chi connectivity index (χ0) is 13.7. The molecule has 1 aromatic carbocycles. The summed E-state index contributed by atoms with van der Waals surface area (Å²) in [6, 6.07) is 12.7. The van der Waals surface area contributed by atoms with Crippen LogP contribution in [0.5, 0.6) is 0 Å². The first kappa shape index (κ1) is 13.9. The fourth-order valence-corrected chi connectivity index (χ4v) is 2.46. The van der Waals surface area contributed by atoms with Gasteiger partial charge in [-0.25, -0.2) is 4.98 Å². The molecular formula is C14H13ClN2OS. The Hall–Kier alpha value is -1.52. The van der Waals surface area contributed by atoms with Crippen molar-refractivity contribution in [3.63, 3.8) is 0 Å². The van der Waals surface area contributed by atoms with Crippen molar-refractivity contribution in [2.75, 3.05) is 5.32 Å². The van der Waals surface area contributed by atoms with Gasteiger partial charge in [-0.15, -0.1) is 0 Å². The lowest BCUT2D eigenvalue weighted by atomic mass is 10.3. The van der Waals surface area contributed by atoms with Crippen LogP contribution in [0.1, 0.15) is 6.92 Å². The minimum absolute atomic E-state index is 0.0714. The lowest BCUT2D eigenvalue weighted by Gasteiger charge is -2.11. The average Bonchev–Trinajstić information content (AvgIpc) is 2.40. The lowest BCUT2D eigenvalue weighted by molar-refractivity contribution is -0.115. The van der Waals surface area contributed by atoms with Crippen molar-refractivity contribution in [1.29, 1.82) is 0 Å². The Morgan fingerprint density at radius 2 is 2.16 bits per heavy atom. The largest absolute Gasteiger partial charge is 0.325 e. The summed E-state index contributed by atoms with van der Waals surface area (Å²) in [5.74, 6) is -0.0714. The van der Waals surface area contributed by atoms with Crippen molar-refractivity contribution in [2.24, 2.45) is 0 Å². The van der Waals surface area contributed by atoms with Gasteiger partial charge >= 0.3 is 0 Å². The molecule has 0 bridgehead atoms. The summed E-state index contributed by atoms with van der Waals surface area (Å²) in [6.07, 6.45) is 1.71. The van der Waals surface area contributed by atoms with E-state index in [-0.39, 0.29) is 11.2 Å². The molecule has 1 atom stereocenters. The van der Waals surface area contributed by atoms with Gasteiger partial charge in [-0.1, -0.05) is 35.5 Å². The number of aromatic nitrogens is 1. The van der Waals surface area contributed by atoms with Crippen LogP contribution in [0, 0.1) is 0 Å². The van der Waals surface area contributed by atoms with Gasteiger partial charge in [0, 0.05) is 16.9 Å². The van der Waals surface area contributed by atoms with E-state index in [2.05, 4.69) is 10.3 Å². The molecule has 2 rings (SSSR count). The minimum atomic E-state index is -0.228. The molecular weight excluding hydrogens is 280 g/mol. The van der Waals surface area contributed by atoms with Crippen molar-refractivity contribution >= 4 is 35.0 Å². The highest BCUT2D eigenvalue weighted by atomic mass is 35.5. The number of nitrogens with zero attached hydrogens (tertiary/aromatic N) is 1. The third-order valence-electron chi connectivity index (χ3n) is 2.40. The van der Waals surface area contributed by atoms with Gasteiger partial charge in [0.05, 0.1) is 10.3 Å². The number of carbonyl (C=O) groups is 1. The van der Waals surface area contributed by atoms with E-state index in [1.807, 2.05) is 31.2 Å². The second-order valence-electron chi connectivity index (χ2n) is 3.93. The second kappa shape index (κ2) is 6.59. The molecule has 3 nitrogen and oxygen atoms in total. The van der Waals surface area contributed by atoms with Crippen LogP contribution in [-0.2, 0) is 4.79 Å². The standard InChI is InChI=1S/C14H13ClN2OS/c1-10(19-13-7-2-3-8-16-13)14(18)17-12-6-4-5-11(15)9-12/h2-10H,1H3,(H,17,18)/t10-/m0/s1. The molecule has 1 amide bonds. The normalized spacial score (nSPS) is 11.9. The van der Waals surface area contributed by atoms with E-state index in [0.717, 1.165) is 5.03 Å². The first-order valence-electron chi connectivity index (χ1n) is 5.79. The van der Waals surface area contributed by atoms with Crippen LogP contribution in [0.3, 0.4) is 0 Å². The zero-order valence-electron chi connectivity index (χ0n) is 10.3. The van der Waals surface area contributed by atoms with Crippen molar-refractivity contribution in [2.45, 2.75) is 17.2 Å². The molecule has 0 spiro atoms. The molecule has 19 heavy (non-hydrogen) atoms. The van der Waals surface area contributed by atoms with Gasteiger partial charge in [0.15, 0.2) is 0 Å². The molecule has 98 valence electrons. The number of rotatable bonds is 4. The highest BCUT2D eigenvalue weighted by Crippen LogP contribution is 2.22. The van der Waals surface area contributed by atoms with Crippen LogP contribution in [0.15, 0.2) is 53.7 Å². The fraction of sp³-hybridized carbons (Fsp3) is 0.143. The average molecular weight is 293 g/mol. The number of hydrogen-bond donors (Lipinski definition) is 1. The number of hydrogen-bond acceptors (Lipinski definition) is 3. The van der Waals surface area contributed by atoms with Crippen LogP contribution >= 0.6 is 23.4 Å². The van der Waals surface area contributed by atoms with Gasteiger partial charge in [-0.3, -0.25) is 4.79 Å². The molecule has 0 fully saturated rings. The van der Waals surface area contributed by atoms with Gasteiger partial charge in [0.2, 0.25) is 5.91 Å². The predicted octanol–water partition coefficient (Wildman–Crippen LogP) is 3.85. The number of thioether (sulfide) groups is 1. The van der Waals surface area contributed by atoms with Crippen molar-refractivity contribution < 1.29 is 4.79 Å². The van der Waals surface area contributed by atoms with Crippen molar-refractivity contribution in [3.8, 4) is 0 Å². The molecule has 1 aromatic heterocycles. The van der Waals surface area contributed by atoms with Gasteiger partial charge in [-0.2, -0.15) is 0 Å². The molecule has 0 aliphatic heterocycles. The number of carbonyl (C=O) groups excluding carboxylic acids is 1. The first-order chi connectivity index (χ1) is 9.15. The Kier molecular flexibility index (Phi) is 4.82. The summed E-state index contributed by atoms with van der Waals surface area (Å²) in [6.45, 7) is 1.85. The molecule has 1 N–H and O–H groups in total. The van der Waals surface area contributed by atoms with Gasteiger partial charge in [-0.05, 0) is 37.3 Å². The van der Waals surface area contributed by atoms with Crippen LogP contribution in [0.4, 0.5) is 5.69 Å². The maximum atomic E-state index is 12.0. The number of pyridine rings is 1. The second-order valence-corrected chi connectivity index (χ2v) is 5.73. The number of amides is 1. The van der Waals surface area contributed by atoms with Gasteiger partial charge in [0.1, 0.15) is 0 Å². The Bertz CT molecular complexity index is 562. The molecule has 2 aromatic rings. The summed E-state index contributed by atoms with van der Waals surface area (Å²) < 4.78 is 0. The SMILES string of the molecule is C[C@H](Sc1ccccn1)C(=O)Nc1cccc(Cl)c1. The highest BCUT2D eigenvalue weighted by molar-refractivity contribution is 8.00. The number of halogens is 1. The molecule has 1 heterocycles. The van der Waals surface area contributed by atoms with E-state index < -0.39 is 0 Å². The van der Waals surface area contributed by atoms with E-state index >= 15 is 0 Å². The van der Waals surface area contributed by atoms with Gasteiger partial charge in [0.25, 0.3) is 0 Å². The number of anilines is 1. The molecule has 0 radical (unpaired) electrons. The fourth-order valence-electron chi connectivity index (χ4n) is 1.46. The predicted molar refractivity (Wildman–Crippen MR) is 79.6 cm³/mol. The molecule has 0 aliphatic rings. The van der Waals surface area contributed by atoms with E-state index in [9.17, 15) is 4.79 Å². The monoisotopic (exact) mass is 292 g/mol. The molecule has 0 aliphatic carbocycles. The Morgan fingerprint density at radius 1 is 1.32 bits per heavy atom. The lowest BCUT2D eigenvalue weighted by Crippen LogP contribution is -2.22. The van der Waals surface area contributed by atoms with Crippen LogP contribution in [0.2, 0.25) is 5.02 Å². The summed E-state index contributed by atoms with van der Waals surface area (Å²) in [5.41, 5.74) is 0.700. The third kappa shape index (κ3) is 4.26. The summed E-state index contributed by atoms with van der Waals surface area (Å²) in [4.78, 5) is 16.2. The minimum Gasteiger partial charge on any atom is -0.325 e. The zero-order valence-corrected chi connectivity index (χ0v) is 11.9. The van der Waals surface area contributed by atoms with E-state index in [1.54, 1.807) is 24.4 Å². The Morgan fingerprint density at radius 3 is 2.84 bits per heavy atom. The number of nitrogens with one attached hydrogen (secondary N) is 1. The quantitative estimate of drug-likeness (QED) is 0.870. The molecule has 0 unspecified atom stereocenters. The van der Waals surface area contributed by atoms with E-state index in [4.69, 9.17) is 11.6 Å². The van der Waals surface area contributed by atoms with E-state index in [1.165, 1.54) is 11.8 Å². The van der Waals surface area contributed by atoms with Crippen molar-refractivity contribution in [1.82, 2.24) is 4.98 Å². The molecule has 0 saturated carbocycles. The number of benzene rings is 1. The van der Waals surface area contributed by atoms with Crippen LogP contribution in [0.25, 0.3) is 0 Å². The topological polar surface area (TPSA) is 42.0 Å². The first-order valence-corrected chi connectivity index (χ1v) is 7.05. The summed E-state index contributed by atoms with van der Waals surface area (Å²) >= 11 is 7.29. The van der Waals surface area contributed by atoms with Crippen LogP contribution < -0.4 is 5.32 Å². The van der Waals surface area contributed by atoms with E-state index in [0.29, 0.717) is 10.7 Å².